The van der Waals surface area contributed by atoms with Gasteiger partial charge in [-0.2, -0.15) is 0 Å². The molecule has 0 unspecified atom stereocenters. The molecule has 0 radical (unpaired) electrons. The van der Waals surface area contributed by atoms with Crippen molar-refractivity contribution in [2.75, 3.05) is 5.32 Å². The number of hydrogen-bond acceptors (Lipinski definition) is 2. The Morgan fingerprint density at radius 1 is 1.16 bits per heavy atom. The Morgan fingerprint density at radius 3 is 2.26 bits per heavy atom. The van der Waals surface area contributed by atoms with E-state index in [2.05, 4.69) is 10.3 Å². The third kappa shape index (κ3) is 2.82. The third-order valence-electron chi connectivity index (χ3n) is 2.82. The number of nitrogens with one attached hydrogen (secondary N) is 2. The van der Waals surface area contributed by atoms with Gasteiger partial charge in [0, 0.05) is 22.6 Å². The van der Waals surface area contributed by atoms with Crippen molar-refractivity contribution < 1.29 is 9.59 Å². The van der Waals surface area contributed by atoms with Gasteiger partial charge >= 0.3 is 0 Å². The van der Waals surface area contributed by atoms with E-state index in [-0.39, 0.29) is 5.91 Å². The molecule has 2 aromatic rings. The van der Waals surface area contributed by atoms with E-state index in [1.54, 1.807) is 30.3 Å². The van der Waals surface area contributed by atoms with E-state index in [9.17, 15) is 9.59 Å². The van der Waals surface area contributed by atoms with Crippen molar-refractivity contribution in [3.63, 3.8) is 0 Å². The Balaban J connectivity index is 2.15. The second-order valence-electron chi connectivity index (χ2n) is 4.39. The van der Waals surface area contributed by atoms with Crippen LogP contribution in [0.15, 0.2) is 30.3 Å². The number of anilines is 1. The van der Waals surface area contributed by atoms with E-state index < -0.39 is 5.91 Å². The quantitative estimate of drug-likeness (QED) is 0.785. The monoisotopic (exact) mass is 257 g/mol. The summed E-state index contributed by atoms with van der Waals surface area (Å²) < 4.78 is 0. The highest BCUT2D eigenvalue weighted by Crippen LogP contribution is 2.14. The van der Waals surface area contributed by atoms with Gasteiger partial charge in [-0.05, 0) is 44.2 Å². The maximum atomic E-state index is 12.0. The molecule has 0 spiro atoms. The molecule has 0 saturated carbocycles. The first-order chi connectivity index (χ1) is 8.97. The van der Waals surface area contributed by atoms with Gasteiger partial charge in [0.25, 0.3) is 5.91 Å². The Bertz CT molecular complexity index is 627. The van der Waals surface area contributed by atoms with Crippen molar-refractivity contribution in [2.45, 2.75) is 13.8 Å². The molecule has 0 atom stereocenters. The first-order valence-corrected chi connectivity index (χ1v) is 5.85. The van der Waals surface area contributed by atoms with Crippen molar-refractivity contribution in [3.05, 3.63) is 52.8 Å². The molecule has 0 saturated heterocycles. The van der Waals surface area contributed by atoms with E-state index in [0.717, 1.165) is 11.4 Å². The predicted octanol–water partition coefficient (Wildman–Crippen LogP) is 1.98. The lowest BCUT2D eigenvalue weighted by Gasteiger charge is -2.05. The molecule has 0 aliphatic carbocycles. The molecule has 1 aromatic heterocycles. The first kappa shape index (κ1) is 12.9. The number of primary amides is 1. The summed E-state index contributed by atoms with van der Waals surface area (Å²) in [5.41, 5.74) is 8.54. The van der Waals surface area contributed by atoms with Gasteiger partial charge in [0.2, 0.25) is 5.91 Å². The van der Waals surface area contributed by atoms with Crippen LogP contribution in [0, 0.1) is 13.8 Å². The van der Waals surface area contributed by atoms with Gasteiger partial charge in [0.1, 0.15) is 0 Å². The molecule has 98 valence electrons. The third-order valence-corrected chi connectivity index (χ3v) is 2.82. The standard InChI is InChI=1S/C14H15N3O2/c1-8-7-12(9(2)16-8)14(19)17-11-5-3-10(4-6-11)13(15)18/h3-7,16H,1-2H3,(H2,15,18)(H,17,19). The second kappa shape index (κ2) is 4.97. The van der Waals surface area contributed by atoms with Crippen LogP contribution in [0.5, 0.6) is 0 Å². The lowest BCUT2D eigenvalue weighted by atomic mass is 10.2. The molecule has 0 aliphatic rings. The Labute approximate surface area is 110 Å². The minimum Gasteiger partial charge on any atom is -0.366 e. The van der Waals surface area contributed by atoms with Gasteiger partial charge in [-0.3, -0.25) is 9.59 Å². The average Bonchev–Trinajstić information content (AvgIpc) is 2.69. The van der Waals surface area contributed by atoms with Gasteiger partial charge in [-0.15, -0.1) is 0 Å². The number of carbonyl (C=O) groups excluding carboxylic acids is 2. The lowest BCUT2D eigenvalue weighted by molar-refractivity contribution is 0.0998. The summed E-state index contributed by atoms with van der Waals surface area (Å²) in [5, 5.41) is 2.77. The molecule has 0 fully saturated rings. The molecule has 4 N–H and O–H groups in total. The van der Waals surface area contributed by atoms with Crippen molar-refractivity contribution in [1.29, 1.82) is 0 Å². The minimum absolute atomic E-state index is 0.186. The second-order valence-corrected chi connectivity index (χ2v) is 4.39. The molecule has 19 heavy (non-hydrogen) atoms. The molecule has 5 heteroatoms. The molecule has 2 rings (SSSR count). The zero-order valence-electron chi connectivity index (χ0n) is 10.8. The van der Waals surface area contributed by atoms with Crippen LogP contribution in [0.4, 0.5) is 5.69 Å². The molecular weight excluding hydrogens is 242 g/mol. The number of benzene rings is 1. The van der Waals surface area contributed by atoms with E-state index in [1.807, 2.05) is 13.8 Å². The number of hydrogen-bond donors (Lipinski definition) is 3. The van der Waals surface area contributed by atoms with E-state index in [1.165, 1.54) is 0 Å². The number of rotatable bonds is 3. The SMILES string of the molecule is Cc1cc(C(=O)Nc2ccc(C(N)=O)cc2)c(C)[nH]1. The molecule has 5 nitrogen and oxygen atoms in total. The highest BCUT2D eigenvalue weighted by Gasteiger charge is 2.11. The summed E-state index contributed by atoms with van der Waals surface area (Å²) in [4.78, 5) is 26.1. The Morgan fingerprint density at radius 2 is 1.79 bits per heavy atom. The topological polar surface area (TPSA) is 88.0 Å². The van der Waals surface area contributed by atoms with Crippen LogP contribution in [0.2, 0.25) is 0 Å². The summed E-state index contributed by atoms with van der Waals surface area (Å²) in [7, 11) is 0. The number of aryl methyl sites for hydroxylation is 2. The number of aromatic nitrogens is 1. The van der Waals surface area contributed by atoms with Crippen molar-refractivity contribution in [1.82, 2.24) is 4.98 Å². The summed E-state index contributed by atoms with van der Waals surface area (Å²) in [5.74, 6) is -0.677. The highest BCUT2D eigenvalue weighted by atomic mass is 16.2. The summed E-state index contributed by atoms with van der Waals surface area (Å²) in [6.45, 7) is 3.74. The van der Waals surface area contributed by atoms with Gasteiger partial charge < -0.3 is 16.0 Å². The summed E-state index contributed by atoms with van der Waals surface area (Å²) in [6, 6.07) is 8.24. The Hall–Kier alpha value is -2.56. The minimum atomic E-state index is -0.491. The fourth-order valence-corrected chi connectivity index (χ4v) is 1.88. The fraction of sp³-hybridized carbons (Fsp3) is 0.143. The van der Waals surface area contributed by atoms with Gasteiger partial charge in [-0.25, -0.2) is 0 Å². The maximum absolute atomic E-state index is 12.0. The molecule has 1 aromatic carbocycles. The van der Waals surface area contributed by atoms with Crippen LogP contribution >= 0.6 is 0 Å². The molecule has 0 aliphatic heterocycles. The number of carbonyl (C=O) groups is 2. The normalized spacial score (nSPS) is 10.2. The number of H-pyrrole nitrogens is 1. The van der Waals surface area contributed by atoms with Crippen molar-refractivity contribution in [2.24, 2.45) is 5.73 Å². The van der Waals surface area contributed by atoms with Crippen LogP contribution in [0.25, 0.3) is 0 Å². The molecule has 0 bridgehead atoms. The molecule has 2 amide bonds. The van der Waals surface area contributed by atoms with Crippen LogP contribution in [0.3, 0.4) is 0 Å². The summed E-state index contributed by atoms with van der Waals surface area (Å²) in [6.07, 6.45) is 0. The predicted molar refractivity (Wildman–Crippen MR) is 73.2 cm³/mol. The lowest BCUT2D eigenvalue weighted by Crippen LogP contribution is -2.13. The van der Waals surface area contributed by atoms with Crippen LogP contribution in [-0.2, 0) is 0 Å². The number of nitrogens with two attached hydrogens (primary N) is 1. The van der Waals surface area contributed by atoms with Crippen LogP contribution in [0.1, 0.15) is 32.1 Å². The van der Waals surface area contributed by atoms with E-state index in [4.69, 9.17) is 5.73 Å². The van der Waals surface area contributed by atoms with Crippen LogP contribution in [-0.4, -0.2) is 16.8 Å². The maximum Gasteiger partial charge on any atom is 0.257 e. The number of amides is 2. The molecular formula is C14H15N3O2. The Kier molecular flexibility index (Phi) is 3.37. The van der Waals surface area contributed by atoms with Crippen molar-refractivity contribution >= 4 is 17.5 Å². The smallest absolute Gasteiger partial charge is 0.257 e. The van der Waals surface area contributed by atoms with Gasteiger partial charge in [0.05, 0.1) is 5.56 Å². The zero-order chi connectivity index (χ0) is 14.0. The molecule has 1 heterocycles. The number of aromatic amines is 1. The van der Waals surface area contributed by atoms with Gasteiger partial charge in [-0.1, -0.05) is 0 Å². The zero-order valence-corrected chi connectivity index (χ0v) is 10.8. The first-order valence-electron chi connectivity index (χ1n) is 5.85. The average molecular weight is 257 g/mol. The van der Waals surface area contributed by atoms with Crippen LogP contribution < -0.4 is 11.1 Å². The van der Waals surface area contributed by atoms with Crippen molar-refractivity contribution in [3.8, 4) is 0 Å². The highest BCUT2D eigenvalue weighted by molar-refractivity contribution is 6.05. The van der Waals surface area contributed by atoms with E-state index >= 15 is 0 Å². The summed E-state index contributed by atoms with van der Waals surface area (Å²) >= 11 is 0. The fourth-order valence-electron chi connectivity index (χ4n) is 1.88. The van der Waals surface area contributed by atoms with E-state index in [0.29, 0.717) is 16.8 Å². The largest absolute Gasteiger partial charge is 0.366 e. The van der Waals surface area contributed by atoms with Gasteiger partial charge in [0.15, 0.2) is 0 Å².